The summed E-state index contributed by atoms with van der Waals surface area (Å²) >= 11 is 11.9. The van der Waals surface area contributed by atoms with Gasteiger partial charge in [0.25, 0.3) is 11.8 Å². The summed E-state index contributed by atoms with van der Waals surface area (Å²) in [6.07, 6.45) is 1.82. The van der Waals surface area contributed by atoms with Crippen molar-refractivity contribution in [3.63, 3.8) is 0 Å². The lowest BCUT2D eigenvalue weighted by Crippen LogP contribution is -2.49. The molecule has 1 aromatic carbocycles. The van der Waals surface area contributed by atoms with Crippen LogP contribution in [0.5, 0.6) is 0 Å². The summed E-state index contributed by atoms with van der Waals surface area (Å²) in [7, 11) is 0. The minimum absolute atomic E-state index is 0.0311. The number of hydrogen-bond acceptors (Lipinski definition) is 3. The van der Waals surface area contributed by atoms with Gasteiger partial charge in [-0.25, -0.2) is 0 Å². The first-order chi connectivity index (χ1) is 11.6. The van der Waals surface area contributed by atoms with Crippen molar-refractivity contribution in [2.24, 2.45) is 5.92 Å². The summed E-state index contributed by atoms with van der Waals surface area (Å²) in [6.45, 7) is 7.68. The van der Waals surface area contributed by atoms with Crippen LogP contribution in [-0.4, -0.2) is 34.7 Å². The SMILES string of the molecule is CC(C)CCC(C)NC(=O)C(C)N1C(=O)c2cc(Cl)c(Cl)cc2C1=O. The monoisotopic (exact) mass is 384 g/mol. The third-order valence-electron chi connectivity index (χ3n) is 4.29. The van der Waals surface area contributed by atoms with Gasteiger partial charge in [0.05, 0.1) is 21.2 Å². The van der Waals surface area contributed by atoms with Crippen molar-refractivity contribution < 1.29 is 14.4 Å². The molecule has 136 valence electrons. The molecule has 1 aliphatic rings. The number of carbonyl (C=O) groups excluding carboxylic acids is 3. The van der Waals surface area contributed by atoms with Crippen LogP contribution in [0.2, 0.25) is 10.0 Å². The molecule has 25 heavy (non-hydrogen) atoms. The third-order valence-corrected chi connectivity index (χ3v) is 5.01. The van der Waals surface area contributed by atoms with Crippen LogP contribution in [0.25, 0.3) is 0 Å². The van der Waals surface area contributed by atoms with E-state index in [1.807, 2.05) is 6.92 Å². The minimum atomic E-state index is -0.911. The van der Waals surface area contributed by atoms with Gasteiger partial charge in [0.2, 0.25) is 5.91 Å². The lowest BCUT2D eigenvalue weighted by Gasteiger charge is -2.24. The van der Waals surface area contributed by atoms with Crippen molar-refractivity contribution in [3.8, 4) is 0 Å². The number of fused-ring (bicyclic) bond motifs is 1. The number of rotatable bonds is 6. The van der Waals surface area contributed by atoms with E-state index in [1.54, 1.807) is 0 Å². The van der Waals surface area contributed by atoms with Gasteiger partial charge in [-0.1, -0.05) is 37.0 Å². The lowest BCUT2D eigenvalue weighted by atomic mass is 10.0. The van der Waals surface area contributed by atoms with E-state index in [1.165, 1.54) is 19.1 Å². The molecule has 5 nitrogen and oxygen atoms in total. The highest BCUT2D eigenvalue weighted by Crippen LogP contribution is 2.32. The van der Waals surface area contributed by atoms with E-state index < -0.39 is 17.9 Å². The zero-order chi connectivity index (χ0) is 18.9. The fourth-order valence-corrected chi connectivity index (χ4v) is 3.07. The second kappa shape index (κ2) is 7.75. The number of benzene rings is 1. The van der Waals surface area contributed by atoms with Crippen molar-refractivity contribution in [3.05, 3.63) is 33.3 Å². The van der Waals surface area contributed by atoms with E-state index >= 15 is 0 Å². The number of nitrogens with one attached hydrogen (secondary N) is 1. The quantitative estimate of drug-likeness (QED) is 0.755. The van der Waals surface area contributed by atoms with Crippen molar-refractivity contribution >= 4 is 40.9 Å². The number of nitrogens with zero attached hydrogens (tertiary/aromatic N) is 1. The van der Waals surface area contributed by atoms with E-state index in [-0.39, 0.29) is 33.1 Å². The van der Waals surface area contributed by atoms with Crippen molar-refractivity contribution in [1.29, 1.82) is 0 Å². The van der Waals surface area contributed by atoms with Crippen LogP contribution in [0, 0.1) is 5.92 Å². The first kappa shape index (κ1) is 19.7. The molecule has 2 unspecified atom stereocenters. The first-order valence-electron chi connectivity index (χ1n) is 8.30. The Labute approximate surface area is 157 Å². The number of imide groups is 1. The zero-order valence-electron chi connectivity index (χ0n) is 14.7. The largest absolute Gasteiger partial charge is 0.352 e. The molecule has 0 saturated carbocycles. The van der Waals surface area contributed by atoms with Gasteiger partial charge in [-0.15, -0.1) is 0 Å². The van der Waals surface area contributed by atoms with Crippen LogP contribution < -0.4 is 5.32 Å². The minimum Gasteiger partial charge on any atom is -0.352 e. The fourth-order valence-electron chi connectivity index (χ4n) is 2.74. The van der Waals surface area contributed by atoms with Gasteiger partial charge in [-0.2, -0.15) is 0 Å². The molecule has 3 amide bonds. The van der Waals surface area contributed by atoms with Crippen molar-refractivity contribution in [1.82, 2.24) is 10.2 Å². The molecule has 2 rings (SSSR count). The van der Waals surface area contributed by atoms with E-state index in [0.29, 0.717) is 5.92 Å². The summed E-state index contributed by atoms with van der Waals surface area (Å²) in [5.74, 6) is -0.877. The summed E-state index contributed by atoms with van der Waals surface area (Å²) in [6, 6.07) is 1.80. The molecule has 2 atom stereocenters. The number of hydrogen-bond donors (Lipinski definition) is 1. The maximum absolute atomic E-state index is 12.5. The summed E-state index contributed by atoms with van der Waals surface area (Å²) in [4.78, 5) is 38.5. The molecule has 0 aliphatic carbocycles. The van der Waals surface area contributed by atoms with E-state index in [9.17, 15) is 14.4 Å². The average Bonchev–Trinajstić information content (AvgIpc) is 2.76. The third kappa shape index (κ3) is 4.15. The Balaban J connectivity index is 2.12. The Bertz CT molecular complexity index is 678. The van der Waals surface area contributed by atoms with E-state index in [4.69, 9.17) is 23.2 Å². The van der Waals surface area contributed by atoms with Crippen LogP contribution >= 0.6 is 23.2 Å². The Morgan fingerprint density at radius 2 is 1.48 bits per heavy atom. The standard InChI is InChI=1S/C18H22Cl2N2O3/c1-9(2)5-6-10(3)21-16(23)11(4)22-17(24)12-7-14(19)15(20)8-13(12)18(22)25/h7-11H,5-6H2,1-4H3,(H,21,23). The van der Waals surface area contributed by atoms with Gasteiger partial charge in [0.15, 0.2) is 0 Å². The number of carbonyl (C=O) groups is 3. The van der Waals surface area contributed by atoms with Gasteiger partial charge in [-0.05, 0) is 44.7 Å². The maximum atomic E-state index is 12.5. The molecule has 0 fully saturated rings. The van der Waals surface area contributed by atoms with Gasteiger partial charge < -0.3 is 5.32 Å². The molecular formula is C18H22Cl2N2O3. The van der Waals surface area contributed by atoms with Crippen LogP contribution in [0.3, 0.4) is 0 Å². The molecule has 0 bridgehead atoms. The highest BCUT2D eigenvalue weighted by molar-refractivity contribution is 6.43. The van der Waals surface area contributed by atoms with Crippen molar-refractivity contribution in [2.45, 2.75) is 52.6 Å². The Kier molecular flexibility index (Phi) is 6.12. The normalized spacial score (nSPS) is 16.2. The number of halogens is 2. The number of amides is 3. The van der Waals surface area contributed by atoms with Gasteiger partial charge in [-0.3, -0.25) is 19.3 Å². The highest BCUT2D eigenvalue weighted by atomic mass is 35.5. The molecule has 1 heterocycles. The van der Waals surface area contributed by atoms with Crippen LogP contribution in [0.15, 0.2) is 12.1 Å². The van der Waals surface area contributed by atoms with Crippen molar-refractivity contribution in [2.75, 3.05) is 0 Å². The predicted molar refractivity (Wildman–Crippen MR) is 98.1 cm³/mol. The first-order valence-corrected chi connectivity index (χ1v) is 9.06. The molecule has 0 aromatic heterocycles. The Morgan fingerprint density at radius 3 is 1.92 bits per heavy atom. The molecule has 0 saturated heterocycles. The lowest BCUT2D eigenvalue weighted by molar-refractivity contribution is -0.125. The Hall–Kier alpha value is -1.59. The summed E-state index contributed by atoms with van der Waals surface area (Å²) in [5, 5.41) is 3.26. The molecular weight excluding hydrogens is 363 g/mol. The molecule has 7 heteroatoms. The van der Waals surface area contributed by atoms with Crippen LogP contribution in [-0.2, 0) is 4.79 Å². The smallest absolute Gasteiger partial charge is 0.262 e. The second-order valence-electron chi connectivity index (χ2n) is 6.85. The predicted octanol–water partition coefficient (Wildman–Crippen LogP) is 3.92. The van der Waals surface area contributed by atoms with Crippen LogP contribution in [0.1, 0.15) is 61.3 Å². The Morgan fingerprint density at radius 1 is 1.00 bits per heavy atom. The molecule has 1 aromatic rings. The fraction of sp³-hybridized carbons (Fsp3) is 0.500. The van der Waals surface area contributed by atoms with Gasteiger partial charge in [0, 0.05) is 6.04 Å². The van der Waals surface area contributed by atoms with Gasteiger partial charge in [0.1, 0.15) is 6.04 Å². The average molecular weight is 385 g/mol. The molecule has 1 N–H and O–H groups in total. The molecule has 0 radical (unpaired) electrons. The summed E-state index contributed by atoms with van der Waals surface area (Å²) in [5.41, 5.74) is 0.346. The second-order valence-corrected chi connectivity index (χ2v) is 7.66. The van der Waals surface area contributed by atoms with Crippen LogP contribution in [0.4, 0.5) is 0 Å². The van der Waals surface area contributed by atoms with Gasteiger partial charge >= 0.3 is 0 Å². The van der Waals surface area contributed by atoms with E-state index in [2.05, 4.69) is 19.2 Å². The zero-order valence-corrected chi connectivity index (χ0v) is 16.2. The van der Waals surface area contributed by atoms with E-state index in [0.717, 1.165) is 17.7 Å². The molecule has 1 aliphatic heterocycles. The summed E-state index contributed by atoms with van der Waals surface area (Å²) < 4.78 is 0. The maximum Gasteiger partial charge on any atom is 0.262 e. The highest BCUT2D eigenvalue weighted by Gasteiger charge is 2.41. The topological polar surface area (TPSA) is 66.5 Å². The molecule has 0 spiro atoms.